The Morgan fingerprint density at radius 2 is 2.27 bits per heavy atom. The number of hydrogen-bond donors (Lipinski definition) is 0. The second-order valence-electron chi connectivity index (χ2n) is 5.30. The van der Waals surface area contributed by atoms with Crippen LogP contribution in [0, 0.1) is 16.0 Å². The van der Waals surface area contributed by atoms with Gasteiger partial charge in [0.2, 0.25) is 5.91 Å². The highest BCUT2D eigenvalue weighted by Gasteiger charge is 2.12. The van der Waals surface area contributed by atoms with Crippen LogP contribution in [0.25, 0.3) is 10.2 Å². The normalized spacial score (nSPS) is 12.0. The van der Waals surface area contributed by atoms with Crippen molar-refractivity contribution in [2.75, 3.05) is 0 Å². The Hall–Kier alpha value is -2.28. The fourth-order valence-corrected chi connectivity index (χ4v) is 3.16. The Bertz CT molecular complexity index is 802. The molecule has 0 aliphatic heterocycles. The number of nitro benzene ring substituents is 1. The zero-order valence-corrected chi connectivity index (χ0v) is 13.3. The van der Waals surface area contributed by atoms with Crippen molar-refractivity contribution in [2.45, 2.75) is 26.8 Å². The summed E-state index contributed by atoms with van der Waals surface area (Å²) in [6.07, 6.45) is 2.09. The molecular formula is C15H17N3O3S. The Balaban J connectivity index is 2.59. The van der Waals surface area contributed by atoms with E-state index in [1.807, 2.05) is 18.4 Å². The van der Waals surface area contributed by atoms with E-state index in [0.29, 0.717) is 17.8 Å². The molecule has 22 heavy (non-hydrogen) atoms. The maximum absolute atomic E-state index is 11.9. The molecule has 7 heteroatoms. The van der Waals surface area contributed by atoms with Gasteiger partial charge in [0.25, 0.3) is 5.69 Å². The molecule has 1 aromatic heterocycles. The molecule has 0 bridgehead atoms. The molecule has 0 atom stereocenters. The number of hydrogen-bond acceptors (Lipinski definition) is 4. The molecule has 0 spiro atoms. The molecule has 2 aromatic rings. The van der Waals surface area contributed by atoms with Gasteiger partial charge in [0.05, 0.1) is 15.1 Å². The van der Waals surface area contributed by atoms with Crippen molar-refractivity contribution < 1.29 is 9.72 Å². The maximum atomic E-state index is 11.9. The topological polar surface area (TPSA) is 77.5 Å². The van der Waals surface area contributed by atoms with Gasteiger partial charge in [-0.1, -0.05) is 31.3 Å². The van der Waals surface area contributed by atoms with Crippen LogP contribution in [0.15, 0.2) is 35.8 Å². The Morgan fingerprint density at radius 1 is 1.55 bits per heavy atom. The molecular weight excluding hydrogens is 302 g/mol. The van der Waals surface area contributed by atoms with E-state index < -0.39 is 4.92 Å². The maximum Gasteiger partial charge on any atom is 0.270 e. The van der Waals surface area contributed by atoms with Crippen molar-refractivity contribution in [3.05, 3.63) is 45.8 Å². The lowest BCUT2D eigenvalue weighted by molar-refractivity contribution is -0.384. The largest absolute Gasteiger partial charge is 0.312 e. The number of benzene rings is 1. The number of carbonyl (C=O) groups excluding carboxylic acids is 1. The molecule has 1 heterocycles. The number of carbonyl (C=O) groups is 1. The summed E-state index contributed by atoms with van der Waals surface area (Å²) < 4.78 is 2.57. The van der Waals surface area contributed by atoms with Gasteiger partial charge in [-0.3, -0.25) is 14.9 Å². The molecule has 0 saturated heterocycles. The Labute approximate surface area is 131 Å². The highest BCUT2D eigenvalue weighted by molar-refractivity contribution is 7.16. The molecule has 6 nitrogen and oxygen atoms in total. The highest BCUT2D eigenvalue weighted by Crippen LogP contribution is 2.23. The van der Waals surface area contributed by atoms with Crippen LogP contribution in [-0.2, 0) is 11.3 Å². The number of rotatable bonds is 5. The first kappa shape index (κ1) is 16.1. The average molecular weight is 319 g/mol. The SMILES string of the molecule is C=CCn1c(=NC(=O)CC(C)C)sc2cc([N+](=O)[O-])ccc21. The molecule has 116 valence electrons. The molecule has 0 aliphatic rings. The van der Waals surface area contributed by atoms with E-state index in [-0.39, 0.29) is 17.5 Å². The van der Waals surface area contributed by atoms with E-state index in [9.17, 15) is 14.9 Å². The summed E-state index contributed by atoms with van der Waals surface area (Å²) in [6, 6.07) is 4.64. The number of fused-ring (bicyclic) bond motifs is 1. The van der Waals surface area contributed by atoms with Crippen molar-refractivity contribution in [2.24, 2.45) is 10.9 Å². The van der Waals surface area contributed by atoms with Gasteiger partial charge in [0, 0.05) is 25.1 Å². The monoisotopic (exact) mass is 319 g/mol. The van der Waals surface area contributed by atoms with Crippen LogP contribution in [0.1, 0.15) is 20.3 Å². The Kier molecular flexibility index (Phi) is 4.87. The van der Waals surface area contributed by atoms with Gasteiger partial charge in [-0.15, -0.1) is 6.58 Å². The number of nitrogens with zero attached hydrogens (tertiary/aromatic N) is 3. The molecule has 0 unspecified atom stereocenters. The lowest BCUT2D eigenvalue weighted by atomic mass is 10.1. The zero-order chi connectivity index (χ0) is 16.3. The van der Waals surface area contributed by atoms with Gasteiger partial charge in [-0.25, -0.2) is 0 Å². The predicted octanol–water partition coefficient (Wildman–Crippen LogP) is 3.27. The van der Waals surface area contributed by atoms with Crippen LogP contribution < -0.4 is 4.80 Å². The number of allylic oxidation sites excluding steroid dienone is 1. The molecule has 2 rings (SSSR count). The van der Waals surface area contributed by atoms with Gasteiger partial charge in [-0.2, -0.15) is 4.99 Å². The third-order valence-corrected chi connectivity index (χ3v) is 4.03. The van der Waals surface area contributed by atoms with Gasteiger partial charge < -0.3 is 4.57 Å². The number of non-ortho nitro benzene ring substituents is 1. The number of nitro groups is 1. The van der Waals surface area contributed by atoms with E-state index in [4.69, 9.17) is 0 Å². The van der Waals surface area contributed by atoms with Crippen molar-refractivity contribution in [1.82, 2.24) is 4.57 Å². The van der Waals surface area contributed by atoms with Crippen molar-refractivity contribution in [3.63, 3.8) is 0 Å². The number of aromatic nitrogens is 1. The van der Waals surface area contributed by atoms with Crippen molar-refractivity contribution >= 4 is 33.1 Å². The molecule has 0 N–H and O–H groups in total. The first-order valence-electron chi connectivity index (χ1n) is 6.88. The van der Waals surface area contributed by atoms with Gasteiger partial charge in [0.1, 0.15) is 0 Å². The first-order chi connectivity index (χ1) is 10.4. The van der Waals surface area contributed by atoms with Crippen LogP contribution >= 0.6 is 11.3 Å². The molecule has 0 aliphatic carbocycles. The highest BCUT2D eigenvalue weighted by atomic mass is 32.1. The second kappa shape index (κ2) is 6.65. The van der Waals surface area contributed by atoms with Crippen molar-refractivity contribution in [1.29, 1.82) is 0 Å². The fourth-order valence-electron chi connectivity index (χ4n) is 2.07. The summed E-state index contributed by atoms with van der Waals surface area (Å²) in [6.45, 7) is 8.11. The Morgan fingerprint density at radius 3 is 2.86 bits per heavy atom. The first-order valence-corrected chi connectivity index (χ1v) is 7.70. The second-order valence-corrected chi connectivity index (χ2v) is 6.31. The minimum absolute atomic E-state index is 0.0274. The zero-order valence-electron chi connectivity index (χ0n) is 12.5. The molecule has 0 saturated carbocycles. The quantitative estimate of drug-likeness (QED) is 0.482. The van der Waals surface area contributed by atoms with Gasteiger partial charge in [-0.05, 0) is 12.0 Å². The third-order valence-electron chi connectivity index (χ3n) is 2.99. The smallest absolute Gasteiger partial charge is 0.270 e. The van der Waals surface area contributed by atoms with Crippen LogP contribution in [-0.4, -0.2) is 15.4 Å². The van der Waals surface area contributed by atoms with E-state index >= 15 is 0 Å². The lowest BCUT2D eigenvalue weighted by Crippen LogP contribution is -2.16. The molecule has 1 amide bonds. The third kappa shape index (κ3) is 3.48. The summed E-state index contributed by atoms with van der Waals surface area (Å²) in [7, 11) is 0. The summed E-state index contributed by atoms with van der Waals surface area (Å²) in [5, 5.41) is 10.9. The summed E-state index contributed by atoms with van der Waals surface area (Å²) in [5.41, 5.74) is 0.839. The van der Waals surface area contributed by atoms with E-state index in [0.717, 1.165) is 10.2 Å². The lowest BCUT2D eigenvalue weighted by Gasteiger charge is -2.01. The van der Waals surface area contributed by atoms with Crippen molar-refractivity contribution in [3.8, 4) is 0 Å². The average Bonchev–Trinajstić information content (AvgIpc) is 2.75. The summed E-state index contributed by atoms with van der Waals surface area (Å²) >= 11 is 1.27. The van der Waals surface area contributed by atoms with Gasteiger partial charge >= 0.3 is 0 Å². The van der Waals surface area contributed by atoms with Crippen LogP contribution in [0.3, 0.4) is 0 Å². The molecule has 1 aromatic carbocycles. The fraction of sp³-hybridized carbons (Fsp3) is 0.333. The van der Waals surface area contributed by atoms with E-state index in [1.165, 1.54) is 23.5 Å². The summed E-state index contributed by atoms with van der Waals surface area (Å²) in [4.78, 5) is 27.1. The minimum Gasteiger partial charge on any atom is -0.312 e. The number of amides is 1. The molecule has 0 radical (unpaired) electrons. The van der Waals surface area contributed by atoms with E-state index in [1.54, 1.807) is 12.1 Å². The number of thiazole rings is 1. The predicted molar refractivity (Wildman–Crippen MR) is 86.7 cm³/mol. The van der Waals surface area contributed by atoms with Gasteiger partial charge in [0.15, 0.2) is 4.80 Å². The molecule has 0 fully saturated rings. The minimum atomic E-state index is -0.433. The standard InChI is InChI=1S/C15H17N3O3S/c1-4-7-17-12-6-5-11(18(20)21)9-13(12)22-15(17)16-14(19)8-10(2)3/h4-6,9-10H,1,7-8H2,2-3H3. The van der Waals surface area contributed by atoms with Crippen LogP contribution in [0.2, 0.25) is 0 Å². The van der Waals surface area contributed by atoms with E-state index in [2.05, 4.69) is 11.6 Å². The van der Waals surface area contributed by atoms with Crippen LogP contribution in [0.4, 0.5) is 5.69 Å². The summed E-state index contributed by atoms with van der Waals surface area (Å²) in [5.74, 6) is 0.0495. The van der Waals surface area contributed by atoms with Crippen LogP contribution in [0.5, 0.6) is 0 Å².